The van der Waals surface area contributed by atoms with Gasteiger partial charge in [0.25, 0.3) is 0 Å². The zero-order valence-electron chi connectivity index (χ0n) is 19.0. The van der Waals surface area contributed by atoms with Gasteiger partial charge in [-0.05, 0) is 53.1 Å². The molecule has 2 rings (SSSR count). The molecule has 1 aromatic heterocycles. The molecule has 0 aliphatic carbocycles. The van der Waals surface area contributed by atoms with E-state index in [1.54, 1.807) is 0 Å². The van der Waals surface area contributed by atoms with Crippen molar-refractivity contribution in [1.82, 2.24) is 20.3 Å². The Bertz CT molecular complexity index is 821. The molecule has 1 saturated heterocycles. The molecule has 0 aromatic carbocycles. The van der Waals surface area contributed by atoms with E-state index in [2.05, 4.69) is 93.2 Å². The van der Waals surface area contributed by atoms with E-state index in [0.717, 1.165) is 54.2 Å². The summed E-state index contributed by atoms with van der Waals surface area (Å²) < 4.78 is 0. The second-order valence-electron chi connectivity index (χ2n) is 8.15. The van der Waals surface area contributed by atoms with Crippen LogP contribution in [-0.2, 0) is 0 Å². The molecule has 1 aromatic rings. The van der Waals surface area contributed by atoms with Crippen molar-refractivity contribution in [3.8, 4) is 0 Å². The molecule has 29 heavy (non-hydrogen) atoms. The lowest BCUT2D eigenvalue weighted by atomic mass is 9.95. The number of allylic oxidation sites excluding steroid dienone is 1. The van der Waals surface area contributed by atoms with Gasteiger partial charge in [0.05, 0.1) is 17.9 Å². The summed E-state index contributed by atoms with van der Waals surface area (Å²) in [6.45, 7) is 23.0. The van der Waals surface area contributed by atoms with Crippen LogP contribution in [-0.4, -0.2) is 48.6 Å². The van der Waals surface area contributed by atoms with Gasteiger partial charge < -0.3 is 10.3 Å². The lowest BCUT2D eigenvalue weighted by molar-refractivity contribution is -0.0570. The van der Waals surface area contributed by atoms with Crippen molar-refractivity contribution >= 4 is 19.1 Å². The first-order valence-electron chi connectivity index (χ1n) is 10.3. The van der Waals surface area contributed by atoms with Crippen LogP contribution >= 0.6 is 0 Å². The van der Waals surface area contributed by atoms with Crippen molar-refractivity contribution < 1.29 is 0 Å². The van der Waals surface area contributed by atoms with E-state index in [1.165, 1.54) is 5.57 Å². The maximum Gasteiger partial charge on any atom is 0.141 e. The fourth-order valence-corrected chi connectivity index (χ4v) is 3.39. The Labute approximate surface area is 177 Å². The molecule has 2 N–H and O–H groups in total. The highest BCUT2D eigenvalue weighted by molar-refractivity contribution is 6.33. The Morgan fingerprint density at radius 2 is 2.07 bits per heavy atom. The van der Waals surface area contributed by atoms with Gasteiger partial charge in [0.15, 0.2) is 0 Å². The molecule has 0 amide bonds. The normalized spacial score (nSPS) is 19.3. The average Bonchev–Trinajstić information content (AvgIpc) is 3.14. The van der Waals surface area contributed by atoms with Gasteiger partial charge >= 0.3 is 0 Å². The summed E-state index contributed by atoms with van der Waals surface area (Å²) in [5.74, 6) is 0.765. The van der Waals surface area contributed by atoms with E-state index in [1.807, 2.05) is 13.0 Å². The maximum absolute atomic E-state index is 4.58. The number of nitrogens with one attached hydrogen (secondary N) is 2. The first-order valence-corrected chi connectivity index (χ1v) is 10.3. The first kappa shape index (κ1) is 23.0. The smallest absolute Gasteiger partial charge is 0.141 e. The number of hydrogen-bond acceptors (Lipinski definition) is 5. The third-order valence-electron chi connectivity index (χ3n) is 5.97. The summed E-state index contributed by atoms with van der Waals surface area (Å²) in [5, 5.41) is 11.4. The molecule has 1 unspecified atom stereocenters. The summed E-state index contributed by atoms with van der Waals surface area (Å²) in [4.78, 5) is 4.58. The van der Waals surface area contributed by atoms with Crippen molar-refractivity contribution in [2.45, 2.75) is 46.2 Å². The number of aromatic nitrogens is 1. The molecule has 0 saturated carbocycles. The molecule has 2 heterocycles. The third-order valence-corrected chi connectivity index (χ3v) is 5.97. The van der Waals surface area contributed by atoms with Crippen molar-refractivity contribution in [2.24, 2.45) is 0 Å². The molecule has 1 aliphatic heterocycles. The summed E-state index contributed by atoms with van der Waals surface area (Å²) >= 11 is 0. The minimum absolute atomic E-state index is 0.109. The second kappa shape index (κ2) is 9.46. The highest BCUT2D eigenvalue weighted by atomic mass is 15.7. The Kier molecular flexibility index (Phi) is 7.50. The third kappa shape index (κ3) is 5.40. The number of aryl methyl sites for hydroxylation is 1. The van der Waals surface area contributed by atoms with Crippen molar-refractivity contribution in [1.29, 1.82) is 0 Å². The molecule has 0 bridgehead atoms. The van der Waals surface area contributed by atoms with E-state index < -0.39 is 0 Å². The predicted octanol–water partition coefficient (Wildman–Crippen LogP) is 2.86. The Hall–Kier alpha value is -2.31. The topological polar surface area (TPSA) is 43.4 Å². The molecule has 156 valence electrons. The molecule has 1 fully saturated rings. The maximum atomic E-state index is 4.58. The molecule has 1 atom stereocenters. The van der Waals surface area contributed by atoms with Crippen molar-refractivity contribution in [2.75, 3.05) is 25.5 Å². The number of anilines is 1. The van der Waals surface area contributed by atoms with Crippen LogP contribution in [0.5, 0.6) is 0 Å². The SMILES string of the molecule is Bc1ccc(NC(=C)C(=C)C(=C)N(C/C(C)=C/C)N(C)C2(C)CCCN2)nc1C. The van der Waals surface area contributed by atoms with E-state index >= 15 is 0 Å². The van der Waals surface area contributed by atoms with Gasteiger partial charge in [0, 0.05) is 24.0 Å². The molecule has 5 nitrogen and oxygen atoms in total. The van der Waals surface area contributed by atoms with Crippen LogP contribution in [0, 0.1) is 6.92 Å². The molecule has 1 aliphatic rings. The van der Waals surface area contributed by atoms with Gasteiger partial charge in [0.2, 0.25) is 0 Å². The predicted molar refractivity (Wildman–Crippen MR) is 128 cm³/mol. The number of hydrogen-bond donors (Lipinski definition) is 2. The number of nitrogens with zero attached hydrogens (tertiary/aromatic N) is 3. The molecule has 0 radical (unpaired) electrons. The summed E-state index contributed by atoms with van der Waals surface area (Å²) in [7, 11) is 4.16. The number of rotatable bonds is 9. The van der Waals surface area contributed by atoms with Gasteiger partial charge in [-0.1, -0.05) is 42.9 Å². The van der Waals surface area contributed by atoms with E-state index in [4.69, 9.17) is 0 Å². The minimum Gasteiger partial charge on any atom is -0.340 e. The van der Waals surface area contributed by atoms with Crippen LogP contribution in [0.4, 0.5) is 5.82 Å². The minimum atomic E-state index is -0.109. The molecule has 6 heteroatoms. The first-order chi connectivity index (χ1) is 13.6. The van der Waals surface area contributed by atoms with Crippen molar-refractivity contribution in [3.63, 3.8) is 0 Å². The zero-order valence-corrected chi connectivity index (χ0v) is 19.0. The average molecular weight is 393 g/mol. The van der Waals surface area contributed by atoms with Gasteiger partial charge in [-0.2, -0.15) is 0 Å². The Balaban J connectivity index is 2.20. The molecular weight excluding hydrogens is 357 g/mol. The zero-order chi connectivity index (χ0) is 21.8. The fraction of sp³-hybridized carbons (Fsp3) is 0.435. The fourth-order valence-electron chi connectivity index (χ4n) is 3.39. The van der Waals surface area contributed by atoms with E-state index in [-0.39, 0.29) is 5.66 Å². The van der Waals surface area contributed by atoms with Crippen molar-refractivity contribution in [3.05, 3.63) is 66.2 Å². The highest BCUT2D eigenvalue weighted by Crippen LogP contribution is 2.29. The lowest BCUT2D eigenvalue weighted by Crippen LogP contribution is -2.58. The number of hydrazine groups is 1. The van der Waals surface area contributed by atoms with Crippen LogP contribution in [0.15, 0.2) is 60.5 Å². The van der Waals surface area contributed by atoms with Crippen LogP contribution in [0.1, 0.15) is 39.3 Å². The Morgan fingerprint density at radius 1 is 1.38 bits per heavy atom. The summed E-state index contributed by atoms with van der Waals surface area (Å²) in [5.41, 5.74) is 5.61. The molecule has 0 spiro atoms. The van der Waals surface area contributed by atoms with Crippen LogP contribution < -0.4 is 16.1 Å². The monoisotopic (exact) mass is 393 g/mol. The summed E-state index contributed by atoms with van der Waals surface area (Å²) in [6, 6.07) is 4.01. The lowest BCUT2D eigenvalue weighted by Gasteiger charge is -2.45. The number of pyridine rings is 1. The van der Waals surface area contributed by atoms with Crippen LogP contribution in [0.2, 0.25) is 0 Å². The quantitative estimate of drug-likeness (QED) is 0.292. The van der Waals surface area contributed by atoms with Gasteiger partial charge in [-0.3, -0.25) is 5.32 Å². The largest absolute Gasteiger partial charge is 0.340 e. The van der Waals surface area contributed by atoms with E-state index in [9.17, 15) is 0 Å². The van der Waals surface area contributed by atoms with Crippen LogP contribution in [0.3, 0.4) is 0 Å². The second-order valence-corrected chi connectivity index (χ2v) is 8.15. The standard InChI is InChI=1S/C23H36BN5/c1-9-16(2)15-29(28(8)23(7)13-10-14-25-23)20(6)17(3)18(4)26-22-12-11-21(24)19(5)27-22/h9,11-12,25H,3-4,6,10,13-15,24H2,1-2,5,7-8H3,(H,26,27)/b16-9+. The van der Waals surface area contributed by atoms with Gasteiger partial charge in [0.1, 0.15) is 13.7 Å². The van der Waals surface area contributed by atoms with E-state index in [0.29, 0.717) is 5.70 Å². The molecular formula is C23H36BN5. The van der Waals surface area contributed by atoms with Gasteiger partial charge in [-0.15, -0.1) is 0 Å². The van der Waals surface area contributed by atoms with Crippen LogP contribution in [0.25, 0.3) is 0 Å². The summed E-state index contributed by atoms with van der Waals surface area (Å²) in [6.07, 6.45) is 4.38. The van der Waals surface area contributed by atoms with Gasteiger partial charge in [-0.25, -0.2) is 9.99 Å². The highest BCUT2D eigenvalue weighted by Gasteiger charge is 2.36. The Morgan fingerprint density at radius 3 is 2.62 bits per heavy atom.